The van der Waals surface area contributed by atoms with Gasteiger partial charge in [-0.05, 0) is 38.3 Å². The van der Waals surface area contributed by atoms with Gasteiger partial charge >= 0.3 is 0 Å². The van der Waals surface area contributed by atoms with Crippen molar-refractivity contribution in [2.24, 2.45) is 0 Å². The lowest BCUT2D eigenvalue weighted by Crippen LogP contribution is -2.02. The predicted molar refractivity (Wildman–Crippen MR) is 76.8 cm³/mol. The van der Waals surface area contributed by atoms with Gasteiger partial charge in [-0.15, -0.1) is 0 Å². The summed E-state index contributed by atoms with van der Waals surface area (Å²) < 4.78 is 5.86. The highest BCUT2D eigenvalue weighted by molar-refractivity contribution is 5.38. The number of hydrogen-bond acceptors (Lipinski definition) is 5. The first-order valence-corrected chi connectivity index (χ1v) is 6.94. The van der Waals surface area contributed by atoms with Crippen molar-refractivity contribution in [1.29, 1.82) is 0 Å². The molecule has 2 aromatic rings. The first-order valence-electron chi connectivity index (χ1n) is 6.94. The average Bonchev–Trinajstić information content (AvgIpc) is 3.24. The number of rotatable bonds is 4. The highest BCUT2D eigenvalue weighted by Crippen LogP contribution is 2.39. The second kappa shape index (κ2) is 5.07. The van der Waals surface area contributed by atoms with Crippen LogP contribution in [0.15, 0.2) is 18.2 Å². The molecule has 0 amide bonds. The second-order valence-electron chi connectivity index (χ2n) is 5.12. The van der Waals surface area contributed by atoms with Gasteiger partial charge in [0.05, 0.1) is 5.69 Å². The fourth-order valence-corrected chi connectivity index (χ4v) is 2.09. The number of pyridine rings is 1. The minimum atomic E-state index is 0.447. The van der Waals surface area contributed by atoms with Crippen LogP contribution in [0.3, 0.4) is 0 Å². The number of nitrogen functional groups attached to an aromatic ring is 1. The minimum absolute atomic E-state index is 0.447. The Morgan fingerprint density at radius 2 is 2.05 bits per heavy atom. The Morgan fingerprint density at radius 1 is 1.25 bits per heavy atom. The standard InChI is InChI=1S/C15H18N4O/c1-3-11-12(7-4-9(2)17-11)20-14-8-13(16)18-15(19-14)10-5-6-10/h4,7-8,10H,3,5-6H2,1-2H3,(H2,16,18,19). The highest BCUT2D eigenvalue weighted by Gasteiger charge is 2.27. The maximum absolute atomic E-state index is 5.86. The van der Waals surface area contributed by atoms with Crippen LogP contribution in [-0.4, -0.2) is 15.0 Å². The van der Waals surface area contributed by atoms with Crippen LogP contribution in [0.2, 0.25) is 0 Å². The molecule has 1 aliphatic carbocycles. The van der Waals surface area contributed by atoms with Crippen molar-refractivity contribution in [1.82, 2.24) is 15.0 Å². The molecule has 1 saturated carbocycles. The molecule has 0 saturated heterocycles. The molecule has 0 aliphatic heterocycles. The van der Waals surface area contributed by atoms with Gasteiger partial charge in [-0.2, -0.15) is 4.98 Å². The van der Waals surface area contributed by atoms with Crippen LogP contribution < -0.4 is 10.5 Å². The average molecular weight is 270 g/mol. The van der Waals surface area contributed by atoms with Crippen molar-refractivity contribution in [3.05, 3.63) is 35.4 Å². The molecule has 1 fully saturated rings. The number of aryl methyl sites for hydroxylation is 2. The van der Waals surface area contributed by atoms with Gasteiger partial charge in [0, 0.05) is 17.7 Å². The van der Waals surface area contributed by atoms with Crippen molar-refractivity contribution >= 4 is 5.82 Å². The summed E-state index contributed by atoms with van der Waals surface area (Å²) >= 11 is 0. The van der Waals surface area contributed by atoms with Crippen LogP contribution in [0.4, 0.5) is 5.82 Å². The maximum Gasteiger partial charge on any atom is 0.224 e. The Balaban J connectivity index is 1.90. The van der Waals surface area contributed by atoms with E-state index in [9.17, 15) is 0 Å². The first-order chi connectivity index (χ1) is 9.65. The van der Waals surface area contributed by atoms with Gasteiger partial charge in [0.15, 0.2) is 5.75 Å². The van der Waals surface area contributed by atoms with Crippen LogP contribution in [0.5, 0.6) is 11.6 Å². The van der Waals surface area contributed by atoms with Crippen LogP contribution >= 0.6 is 0 Å². The number of anilines is 1. The third-order valence-electron chi connectivity index (χ3n) is 3.30. The lowest BCUT2D eigenvalue weighted by atomic mass is 10.2. The van der Waals surface area contributed by atoms with E-state index in [4.69, 9.17) is 10.5 Å². The molecule has 5 nitrogen and oxygen atoms in total. The van der Waals surface area contributed by atoms with E-state index in [1.54, 1.807) is 6.07 Å². The molecule has 0 aromatic carbocycles. The zero-order chi connectivity index (χ0) is 14.1. The molecule has 0 atom stereocenters. The molecule has 0 unspecified atom stereocenters. The summed E-state index contributed by atoms with van der Waals surface area (Å²) in [4.78, 5) is 13.2. The predicted octanol–water partition coefficient (Wildman–Crippen LogP) is 2.99. The molecule has 0 spiro atoms. The molecule has 2 N–H and O–H groups in total. The lowest BCUT2D eigenvalue weighted by Gasteiger charge is -2.10. The molecule has 0 radical (unpaired) electrons. The zero-order valence-electron chi connectivity index (χ0n) is 11.8. The fourth-order valence-electron chi connectivity index (χ4n) is 2.09. The normalized spacial score (nSPS) is 14.3. The minimum Gasteiger partial charge on any atom is -0.437 e. The summed E-state index contributed by atoms with van der Waals surface area (Å²) in [5.41, 5.74) is 7.73. The lowest BCUT2D eigenvalue weighted by molar-refractivity contribution is 0.450. The maximum atomic E-state index is 5.86. The first kappa shape index (κ1) is 12.8. The van der Waals surface area contributed by atoms with E-state index >= 15 is 0 Å². The smallest absolute Gasteiger partial charge is 0.224 e. The van der Waals surface area contributed by atoms with E-state index in [2.05, 4.69) is 21.9 Å². The molecule has 2 heterocycles. The van der Waals surface area contributed by atoms with Gasteiger partial charge < -0.3 is 10.5 Å². The Kier molecular flexibility index (Phi) is 3.26. The van der Waals surface area contributed by atoms with E-state index < -0.39 is 0 Å². The molecule has 0 bridgehead atoms. The van der Waals surface area contributed by atoms with Crippen LogP contribution in [0.25, 0.3) is 0 Å². The Hall–Kier alpha value is -2.17. The molecule has 5 heteroatoms. The SMILES string of the molecule is CCc1nc(C)ccc1Oc1cc(N)nc(C2CC2)n1. The quantitative estimate of drug-likeness (QED) is 0.924. The molecular formula is C15H18N4O. The van der Waals surface area contributed by atoms with Gasteiger partial charge in [-0.1, -0.05) is 6.92 Å². The van der Waals surface area contributed by atoms with Crippen LogP contribution in [0, 0.1) is 6.92 Å². The van der Waals surface area contributed by atoms with Gasteiger partial charge in [-0.25, -0.2) is 4.98 Å². The molecule has 2 aromatic heterocycles. The molecule has 104 valence electrons. The van der Waals surface area contributed by atoms with Crippen molar-refractivity contribution in [2.75, 3.05) is 5.73 Å². The fraction of sp³-hybridized carbons (Fsp3) is 0.400. The largest absolute Gasteiger partial charge is 0.437 e. The van der Waals surface area contributed by atoms with E-state index in [0.29, 0.717) is 17.6 Å². The van der Waals surface area contributed by atoms with E-state index in [-0.39, 0.29) is 0 Å². The summed E-state index contributed by atoms with van der Waals surface area (Å²) in [5, 5.41) is 0. The number of nitrogens with zero attached hydrogens (tertiary/aromatic N) is 3. The van der Waals surface area contributed by atoms with E-state index in [1.165, 1.54) is 0 Å². The van der Waals surface area contributed by atoms with Crippen molar-refractivity contribution in [3.63, 3.8) is 0 Å². The number of hydrogen-bond donors (Lipinski definition) is 1. The topological polar surface area (TPSA) is 73.9 Å². The van der Waals surface area contributed by atoms with Crippen molar-refractivity contribution in [3.8, 4) is 11.6 Å². The summed E-state index contributed by atoms with van der Waals surface area (Å²) in [7, 11) is 0. The summed E-state index contributed by atoms with van der Waals surface area (Å²) in [6, 6.07) is 5.52. The van der Waals surface area contributed by atoms with Crippen LogP contribution in [-0.2, 0) is 6.42 Å². The Morgan fingerprint density at radius 3 is 2.75 bits per heavy atom. The molecule has 20 heavy (non-hydrogen) atoms. The summed E-state index contributed by atoms with van der Waals surface area (Å²) in [6.45, 7) is 4.02. The van der Waals surface area contributed by atoms with Gasteiger partial charge in [0.25, 0.3) is 0 Å². The van der Waals surface area contributed by atoms with Crippen LogP contribution in [0.1, 0.15) is 42.9 Å². The third kappa shape index (κ3) is 2.71. The van der Waals surface area contributed by atoms with E-state index in [1.807, 2.05) is 19.1 Å². The summed E-state index contributed by atoms with van der Waals surface area (Å²) in [5.74, 6) is 2.92. The monoisotopic (exact) mass is 270 g/mol. The Bertz CT molecular complexity index is 638. The second-order valence-corrected chi connectivity index (χ2v) is 5.12. The Labute approximate surface area is 118 Å². The van der Waals surface area contributed by atoms with Crippen molar-refractivity contribution in [2.45, 2.75) is 39.0 Å². The van der Waals surface area contributed by atoms with Crippen molar-refractivity contribution < 1.29 is 4.74 Å². The molecule has 1 aliphatic rings. The number of aromatic nitrogens is 3. The summed E-state index contributed by atoms with van der Waals surface area (Å²) in [6.07, 6.45) is 3.08. The van der Waals surface area contributed by atoms with Gasteiger partial charge in [0.2, 0.25) is 5.88 Å². The molecular weight excluding hydrogens is 252 g/mol. The highest BCUT2D eigenvalue weighted by atomic mass is 16.5. The number of ether oxygens (including phenoxy) is 1. The zero-order valence-corrected chi connectivity index (χ0v) is 11.8. The van der Waals surface area contributed by atoms with Gasteiger partial charge in [0.1, 0.15) is 11.6 Å². The van der Waals surface area contributed by atoms with E-state index in [0.717, 1.165) is 42.2 Å². The molecule has 3 rings (SSSR count). The van der Waals surface area contributed by atoms with Gasteiger partial charge in [-0.3, -0.25) is 4.98 Å². The number of nitrogens with two attached hydrogens (primary N) is 1. The third-order valence-corrected chi connectivity index (χ3v) is 3.30.